The van der Waals surface area contributed by atoms with Crippen molar-refractivity contribution in [2.45, 2.75) is 24.3 Å². The largest absolute Gasteiger partial charge is 0.322 e. The molecule has 4 rings (SSSR count). The van der Waals surface area contributed by atoms with Crippen LogP contribution in [0.1, 0.15) is 24.0 Å². The minimum Gasteiger partial charge on any atom is -0.317 e. The molecule has 32 heavy (non-hydrogen) atoms. The van der Waals surface area contributed by atoms with E-state index < -0.39 is 4.92 Å². The Morgan fingerprint density at radius 1 is 1.00 bits per heavy atom. The van der Waals surface area contributed by atoms with E-state index in [0.29, 0.717) is 12.2 Å². The molecule has 0 aliphatic carbocycles. The second-order valence-electron chi connectivity index (χ2n) is 8.02. The van der Waals surface area contributed by atoms with E-state index in [2.05, 4.69) is 36.2 Å². The molecule has 1 heterocycles. The first-order valence-electron chi connectivity index (χ1n) is 10.6. The van der Waals surface area contributed by atoms with Gasteiger partial charge >= 0.3 is 6.03 Å². The zero-order chi connectivity index (χ0) is 22.6. The van der Waals surface area contributed by atoms with Gasteiger partial charge in [-0.25, -0.2) is 4.79 Å². The molecule has 1 aliphatic heterocycles. The number of hydrogen-bond acceptors (Lipinski definition) is 3. The van der Waals surface area contributed by atoms with Gasteiger partial charge in [0.2, 0.25) is 0 Å². The highest BCUT2D eigenvalue weighted by Gasteiger charge is 2.43. The molecular formula is C26H25N3O3. The lowest BCUT2D eigenvalue weighted by Gasteiger charge is -2.47. The van der Waals surface area contributed by atoms with Gasteiger partial charge in [0.15, 0.2) is 0 Å². The van der Waals surface area contributed by atoms with Crippen molar-refractivity contribution in [2.24, 2.45) is 0 Å². The standard InChI is InChI=1S/C26H25N3O3/c1-2-23-17-18-26(20-9-5-3-6-10-20,21-11-7-4-8-12-21)19-28(23)25(30)27-22-13-15-24(16-14-22)29(31)32/h2-16,23H,1,17-19H2,(H,27,30). The molecule has 2 amide bonds. The maximum Gasteiger partial charge on any atom is 0.322 e. The molecule has 0 bridgehead atoms. The summed E-state index contributed by atoms with van der Waals surface area (Å²) in [4.78, 5) is 25.6. The topological polar surface area (TPSA) is 75.5 Å². The van der Waals surface area contributed by atoms with E-state index >= 15 is 0 Å². The summed E-state index contributed by atoms with van der Waals surface area (Å²) >= 11 is 0. The number of likely N-dealkylation sites (tertiary alicyclic amines) is 1. The summed E-state index contributed by atoms with van der Waals surface area (Å²) in [7, 11) is 0. The van der Waals surface area contributed by atoms with Crippen LogP contribution in [-0.4, -0.2) is 28.4 Å². The number of rotatable bonds is 5. The van der Waals surface area contributed by atoms with Gasteiger partial charge in [-0.2, -0.15) is 0 Å². The van der Waals surface area contributed by atoms with Crippen molar-refractivity contribution >= 4 is 17.4 Å². The fraction of sp³-hybridized carbons (Fsp3) is 0.192. The fourth-order valence-corrected chi connectivity index (χ4v) is 4.52. The summed E-state index contributed by atoms with van der Waals surface area (Å²) in [6.45, 7) is 4.45. The van der Waals surface area contributed by atoms with E-state index in [4.69, 9.17) is 0 Å². The molecule has 3 aromatic rings. The van der Waals surface area contributed by atoms with Gasteiger partial charge in [-0.15, -0.1) is 6.58 Å². The zero-order valence-corrected chi connectivity index (χ0v) is 17.7. The second-order valence-corrected chi connectivity index (χ2v) is 8.02. The van der Waals surface area contributed by atoms with E-state index in [-0.39, 0.29) is 23.2 Å². The molecule has 162 valence electrons. The Labute approximate surface area is 187 Å². The van der Waals surface area contributed by atoms with Crippen molar-refractivity contribution < 1.29 is 9.72 Å². The Kier molecular flexibility index (Phi) is 6.03. The van der Waals surface area contributed by atoms with Gasteiger partial charge < -0.3 is 10.2 Å². The SMILES string of the molecule is C=CC1CCC(c2ccccc2)(c2ccccc2)CN1C(=O)Nc1ccc([N+](=O)[O-])cc1. The predicted molar refractivity (Wildman–Crippen MR) is 126 cm³/mol. The number of carbonyl (C=O) groups is 1. The first-order chi connectivity index (χ1) is 15.5. The van der Waals surface area contributed by atoms with Crippen molar-refractivity contribution in [3.63, 3.8) is 0 Å². The molecule has 0 saturated carbocycles. The van der Waals surface area contributed by atoms with Crippen molar-refractivity contribution in [3.05, 3.63) is 119 Å². The van der Waals surface area contributed by atoms with Crippen LogP contribution in [0, 0.1) is 10.1 Å². The lowest BCUT2D eigenvalue weighted by Crippen LogP contribution is -2.54. The Morgan fingerprint density at radius 3 is 2.06 bits per heavy atom. The first kappa shape index (κ1) is 21.3. The quantitative estimate of drug-likeness (QED) is 0.319. The normalized spacial score (nSPS) is 17.4. The minimum atomic E-state index is -0.460. The van der Waals surface area contributed by atoms with Gasteiger partial charge in [0.05, 0.1) is 11.0 Å². The third-order valence-corrected chi connectivity index (χ3v) is 6.22. The number of benzene rings is 3. The zero-order valence-electron chi connectivity index (χ0n) is 17.7. The average molecular weight is 428 g/mol. The predicted octanol–water partition coefficient (Wildman–Crippen LogP) is 5.76. The molecule has 6 nitrogen and oxygen atoms in total. The van der Waals surface area contributed by atoms with E-state index in [0.717, 1.165) is 12.8 Å². The van der Waals surface area contributed by atoms with Crippen LogP contribution in [0.25, 0.3) is 0 Å². The number of nitrogens with zero attached hydrogens (tertiary/aromatic N) is 2. The molecule has 1 atom stereocenters. The summed E-state index contributed by atoms with van der Waals surface area (Å²) in [5, 5.41) is 13.8. The molecular weight excluding hydrogens is 402 g/mol. The van der Waals surface area contributed by atoms with Gasteiger partial charge in [0, 0.05) is 29.8 Å². The van der Waals surface area contributed by atoms with Crippen LogP contribution in [0.4, 0.5) is 16.2 Å². The molecule has 0 aromatic heterocycles. The maximum atomic E-state index is 13.3. The van der Waals surface area contributed by atoms with Crippen LogP contribution in [0.5, 0.6) is 0 Å². The molecule has 1 unspecified atom stereocenters. The van der Waals surface area contributed by atoms with Crippen LogP contribution in [-0.2, 0) is 5.41 Å². The van der Waals surface area contributed by atoms with Crippen LogP contribution < -0.4 is 5.32 Å². The van der Waals surface area contributed by atoms with Crippen LogP contribution >= 0.6 is 0 Å². The summed E-state index contributed by atoms with van der Waals surface area (Å²) < 4.78 is 0. The Bertz CT molecular complexity index is 1060. The van der Waals surface area contributed by atoms with Crippen molar-refractivity contribution in [2.75, 3.05) is 11.9 Å². The van der Waals surface area contributed by atoms with E-state index in [1.54, 1.807) is 12.1 Å². The van der Waals surface area contributed by atoms with Crippen molar-refractivity contribution in [1.82, 2.24) is 4.90 Å². The van der Waals surface area contributed by atoms with Crippen molar-refractivity contribution in [1.29, 1.82) is 0 Å². The van der Waals surface area contributed by atoms with E-state index in [9.17, 15) is 14.9 Å². The van der Waals surface area contributed by atoms with Gasteiger partial charge in [0.1, 0.15) is 0 Å². The summed E-state index contributed by atoms with van der Waals surface area (Å²) in [5.41, 5.74) is 2.49. The number of nitro groups is 1. The number of non-ortho nitro benzene ring substituents is 1. The third kappa shape index (κ3) is 4.12. The van der Waals surface area contributed by atoms with Gasteiger partial charge in [-0.3, -0.25) is 10.1 Å². The number of urea groups is 1. The number of nitro benzene ring substituents is 1. The third-order valence-electron chi connectivity index (χ3n) is 6.22. The van der Waals surface area contributed by atoms with Gasteiger partial charge in [0.25, 0.3) is 5.69 Å². The highest BCUT2D eigenvalue weighted by molar-refractivity contribution is 5.90. The minimum absolute atomic E-state index is 0.0166. The Morgan fingerprint density at radius 2 is 1.56 bits per heavy atom. The van der Waals surface area contributed by atoms with Crippen LogP contribution in [0.15, 0.2) is 97.6 Å². The fourth-order valence-electron chi connectivity index (χ4n) is 4.52. The lowest BCUT2D eigenvalue weighted by atomic mass is 9.68. The number of carbonyl (C=O) groups excluding carboxylic acids is 1. The number of piperidine rings is 1. The Hall–Kier alpha value is -3.93. The van der Waals surface area contributed by atoms with Gasteiger partial charge in [-0.05, 0) is 36.1 Å². The molecule has 1 fully saturated rings. The van der Waals surface area contributed by atoms with Crippen molar-refractivity contribution in [3.8, 4) is 0 Å². The monoisotopic (exact) mass is 427 g/mol. The lowest BCUT2D eigenvalue weighted by molar-refractivity contribution is -0.384. The number of nitrogens with one attached hydrogen (secondary N) is 1. The molecule has 1 aliphatic rings. The van der Waals surface area contributed by atoms with E-state index in [1.165, 1.54) is 23.3 Å². The summed E-state index contributed by atoms with van der Waals surface area (Å²) in [6, 6.07) is 26.1. The first-order valence-corrected chi connectivity index (χ1v) is 10.6. The smallest absolute Gasteiger partial charge is 0.317 e. The molecule has 1 saturated heterocycles. The molecule has 6 heteroatoms. The van der Waals surface area contributed by atoms with Crippen LogP contribution in [0.3, 0.4) is 0 Å². The highest BCUT2D eigenvalue weighted by atomic mass is 16.6. The number of anilines is 1. The van der Waals surface area contributed by atoms with E-state index in [1.807, 2.05) is 47.4 Å². The summed E-state index contributed by atoms with van der Waals surface area (Å²) in [5.74, 6) is 0. The molecule has 1 N–H and O–H groups in total. The highest BCUT2D eigenvalue weighted by Crippen LogP contribution is 2.42. The van der Waals surface area contributed by atoms with Gasteiger partial charge in [-0.1, -0.05) is 66.7 Å². The Balaban J connectivity index is 1.66. The number of hydrogen-bond donors (Lipinski definition) is 1. The average Bonchev–Trinajstić information content (AvgIpc) is 2.85. The summed E-state index contributed by atoms with van der Waals surface area (Å²) in [6.07, 6.45) is 3.48. The maximum absolute atomic E-state index is 13.3. The molecule has 0 radical (unpaired) electrons. The molecule has 3 aromatic carbocycles. The van der Waals surface area contributed by atoms with Crippen LogP contribution in [0.2, 0.25) is 0 Å². The molecule has 0 spiro atoms. The second kappa shape index (κ2) is 9.06. The number of amides is 2.